The number of carbonyl (C=O) groups is 1. The lowest BCUT2D eigenvalue weighted by Gasteiger charge is -2.03. The molecule has 0 aliphatic heterocycles. The molecular weight excluding hydrogens is 348 g/mol. The van der Waals surface area contributed by atoms with Crippen LogP contribution in [0.3, 0.4) is 0 Å². The molecule has 2 N–H and O–H groups in total. The van der Waals surface area contributed by atoms with E-state index in [-0.39, 0.29) is 5.56 Å². The molecule has 0 saturated heterocycles. The molecule has 1 aromatic heterocycles. The van der Waals surface area contributed by atoms with Crippen molar-refractivity contribution in [2.24, 2.45) is 5.10 Å². The highest BCUT2D eigenvalue weighted by atomic mass is 35.5. The Kier molecular flexibility index (Phi) is 4.54. The maximum atomic E-state index is 10.9. The first-order valence-electron chi connectivity index (χ1n) is 6.86. The zero-order valence-corrected chi connectivity index (χ0v) is 13.8. The molecule has 1 heterocycles. The Bertz CT molecular complexity index is 976. The minimum absolute atomic E-state index is 0.212. The van der Waals surface area contributed by atoms with Crippen LogP contribution >= 0.6 is 23.8 Å². The van der Waals surface area contributed by atoms with Gasteiger partial charge in [-0.2, -0.15) is 14.9 Å². The number of halogens is 1. The molecule has 0 aliphatic rings. The number of hydrogen-bond acceptors (Lipinski definition) is 4. The Balaban J connectivity index is 1.96. The van der Waals surface area contributed by atoms with Crippen LogP contribution in [-0.2, 0) is 0 Å². The van der Waals surface area contributed by atoms with Gasteiger partial charge in [0.1, 0.15) is 0 Å². The van der Waals surface area contributed by atoms with Crippen molar-refractivity contribution in [1.29, 1.82) is 0 Å². The highest BCUT2D eigenvalue weighted by molar-refractivity contribution is 7.71. The zero-order chi connectivity index (χ0) is 17.1. The predicted molar refractivity (Wildman–Crippen MR) is 94.3 cm³/mol. The van der Waals surface area contributed by atoms with Gasteiger partial charge in [-0.25, -0.2) is 9.89 Å². The number of aromatic carboxylic acids is 1. The number of hydrogen-bond donors (Lipinski definition) is 2. The van der Waals surface area contributed by atoms with Crippen LogP contribution in [-0.4, -0.2) is 32.2 Å². The summed E-state index contributed by atoms with van der Waals surface area (Å²) in [4.78, 5) is 10.9. The van der Waals surface area contributed by atoms with E-state index >= 15 is 0 Å². The van der Waals surface area contributed by atoms with Gasteiger partial charge in [0.05, 0.1) is 16.8 Å². The molecule has 120 valence electrons. The Labute approximate surface area is 147 Å². The van der Waals surface area contributed by atoms with E-state index in [0.717, 1.165) is 5.56 Å². The summed E-state index contributed by atoms with van der Waals surface area (Å²) in [6.07, 6.45) is 1.57. The molecule has 0 fully saturated rings. The van der Waals surface area contributed by atoms with Crippen molar-refractivity contribution in [2.45, 2.75) is 0 Å². The molecule has 0 atom stereocenters. The molecule has 8 heteroatoms. The fourth-order valence-corrected chi connectivity index (χ4v) is 2.45. The zero-order valence-electron chi connectivity index (χ0n) is 12.2. The fraction of sp³-hybridized carbons (Fsp3) is 0. The summed E-state index contributed by atoms with van der Waals surface area (Å²) in [5, 5.41) is 20.6. The number of H-pyrrole nitrogens is 1. The summed E-state index contributed by atoms with van der Waals surface area (Å²) in [5.41, 5.74) is 1.64. The number of carboxylic acid groups (broad SMARTS) is 1. The Hall–Kier alpha value is -2.77. The van der Waals surface area contributed by atoms with Crippen LogP contribution in [0.15, 0.2) is 53.6 Å². The van der Waals surface area contributed by atoms with E-state index < -0.39 is 5.97 Å². The molecule has 0 unspecified atom stereocenters. The van der Waals surface area contributed by atoms with Gasteiger partial charge >= 0.3 is 5.97 Å². The number of carboxylic acids is 1. The van der Waals surface area contributed by atoms with Crippen molar-refractivity contribution >= 4 is 36.0 Å². The number of benzene rings is 2. The van der Waals surface area contributed by atoms with Crippen LogP contribution in [0.5, 0.6) is 0 Å². The van der Waals surface area contributed by atoms with Crippen LogP contribution in [0, 0.1) is 4.77 Å². The second-order valence-corrected chi connectivity index (χ2v) is 5.61. The normalized spacial score (nSPS) is 11.0. The van der Waals surface area contributed by atoms with Crippen LogP contribution in [0.25, 0.3) is 11.4 Å². The lowest BCUT2D eigenvalue weighted by molar-refractivity contribution is 0.0697. The summed E-state index contributed by atoms with van der Waals surface area (Å²) in [7, 11) is 0. The van der Waals surface area contributed by atoms with Gasteiger partial charge in [0.15, 0.2) is 5.82 Å². The van der Waals surface area contributed by atoms with Crippen molar-refractivity contribution in [3.63, 3.8) is 0 Å². The van der Waals surface area contributed by atoms with Crippen LogP contribution in [0.4, 0.5) is 0 Å². The van der Waals surface area contributed by atoms with Crippen LogP contribution in [0.1, 0.15) is 15.9 Å². The second-order valence-electron chi connectivity index (χ2n) is 4.82. The summed E-state index contributed by atoms with van der Waals surface area (Å²) < 4.78 is 1.78. The summed E-state index contributed by atoms with van der Waals surface area (Å²) in [6.45, 7) is 0. The minimum atomic E-state index is -0.975. The second kappa shape index (κ2) is 6.77. The number of aromatic nitrogens is 3. The van der Waals surface area contributed by atoms with Gasteiger partial charge < -0.3 is 5.11 Å². The number of rotatable bonds is 4. The lowest BCUT2D eigenvalue weighted by Crippen LogP contribution is -1.97. The van der Waals surface area contributed by atoms with Gasteiger partial charge in [0.25, 0.3) is 0 Å². The van der Waals surface area contributed by atoms with Gasteiger partial charge in [-0.05, 0) is 42.0 Å². The van der Waals surface area contributed by atoms with Gasteiger partial charge in [-0.1, -0.05) is 35.9 Å². The standard InChI is InChI=1S/C16H11ClN4O2S/c17-13-4-2-1-3-12(13)14-19-20-16(24)21(14)18-9-10-5-7-11(8-6-10)15(22)23/h1-9H,(H,20,24)(H,22,23)/b18-9-. The molecule has 0 saturated carbocycles. The monoisotopic (exact) mass is 358 g/mol. The molecule has 0 radical (unpaired) electrons. The molecule has 0 aliphatic carbocycles. The molecule has 0 spiro atoms. The maximum Gasteiger partial charge on any atom is 0.335 e. The van der Waals surface area contributed by atoms with E-state index in [1.807, 2.05) is 18.2 Å². The third-order valence-electron chi connectivity index (χ3n) is 3.25. The van der Waals surface area contributed by atoms with Gasteiger partial charge in [-0.3, -0.25) is 0 Å². The van der Waals surface area contributed by atoms with Crippen LogP contribution < -0.4 is 0 Å². The van der Waals surface area contributed by atoms with Crippen molar-refractivity contribution in [3.8, 4) is 11.4 Å². The Morgan fingerprint density at radius 1 is 1.25 bits per heavy atom. The summed E-state index contributed by atoms with van der Waals surface area (Å²) >= 11 is 11.4. The van der Waals surface area contributed by atoms with Gasteiger partial charge in [0, 0.05) is 5.56 Å². The summed E-state index contributed by atoms with van der Waals surface area (Å²) in [5.74, 6) is -0.486. The van der Waals surface area contributed by atoms with Gasteiger partial charge in [-0.15, -0.1) is 0 Å². The maximum absolute atomic E-state index is 10.9. The largest absolute Gasteiger partial charge is 0.478 e. The smallest absolute Gasteiger partial charge is 0.335 e. The third kappa shape index (κ3) is 3.27. The van der Waals surface area contributed by atoms with E-state index in [9.17, 15) is 4.79 Å². The SMILES string of the molecule is O=C(O)c1ccc(/C=N\n2c(-c3ccccc3Cl)n[nH]c2=S)cc1. The molecular formula is C16H11ClN4O2S. The number of aromatic amines is 1. The van der Waals surface area contributed by atoms with E-state index in [4.69, 9.17) is 28.9 Å². The molecule has 2 aromatic carbocycles. The molecule has 24 heavy (non-hydrogen) atoms. The summed E-state index contributed by atoms with van der Waals surface area (Å²) in [6, 6.07) is 13.6. The molecule has 3 rings (SSSR count). The van der Waals surface area contributed by atoms with E-state index in [0.29, 0.717) is 21.2 Å². The fourth-order valence-electron chi connectivity index (χ4n) is 2.05. The molecule has 6 nitrogen and oxygen atoms in total. The van der Waals surface area contributed by atoms with Crippen molar-refractivity contribution in [3.05, 3.63) is 69.5 Å². The first kappa shape index (κ1) is 16.1. The Morgan fingerprint density at radius 2 is 1.96 bits per heavy atom. The first-order chi connectivity index (χ1) is 11.6. The van der Waals surface area contributed by atoms with Gasteiger partial charge in [0.2, 0.25) is 4.77 Å². The topological polar surface area (TPSA) is 83.3 Å². The Morgan fingerprint density at radius 3 is 2.62 bits per heavy atom. The molecule has 0 amide bonds. The molecule has 3 aromatic rings. The van der Waals surface area contributed by atoms with E-state index in [1.165, 1.54) is 16.8 Å². The minimum Gasteiger partial charge on any atom is -0.478 e. The van der Waals surface area contributed by atoms with E-state index in [1.54, 1.807) is 24.4 Å². The highest BCUT2D eigenvalue weighted by Gasteiger charge is 2.11. The van der Waals surface area contributed by atoms with Crippen LogP contribution in [0.2, 0.25) is 5.02 Å². The highest BCUT2D eigenvalue weighted by Crippen LogP contribution is 2.25. The average Bonchev–Trinajstić information content (AvgIpc) is 2.94. The average molecular weight is 359 g/mol. The predicted octanol–water partition coefficient (Wildman–Crippen LogP) is 3.84. The first-order valence-corrected chi connectivity index (χ1v) is 7.65. The van der Waals surface area contributed by atoms with Crippen molar-refractivity contribution in [2.75, 3.05) is 0 Å². The third-order valence-corrected chi connectivity index (χ3v) is 3.84. The van der Waals surface area contributed by atoms with Crippen molar-refractivity contribution in [1.82, 2.24) is 14.9 Å². The lowest BCUT2D eigenvalue weighted by atomic mass is 10.1. The number of nitrogens with one attached hydrogen (secondary N) is 1. The van der Waals surface area contributed by atoms with Crippen molar-refractivity contribution < 1.29 is 9.90 Å². The quantitative estimate of drug-likeness (QED) is 0.548. The number of nitrogens with zero attached hydrogens (tertiary/aromatic N) is 3. The molecule has 0 bridgehead atoms. The van der Waals surface area contributed by atoms with E-state index in [2.05, 4.69) is 15.3 Å².